The summed E-state index contributed by atoms with van der Waals surface area (Å²) in [5.74, 6) is 1.70. The molecule has 0 saturated heterocycles. The van der Waals surface area contributed by atoms with E-state index in [4.69, 9.17) is 0 Å². The summed E-state index contributed by atoms with van der Waals surface area (Å²) in [5, 5.41) is 15.5. The van der Waals surface area contributed by atoms with E-state index in [1.54, 1.807) is 0 Å². The fourth-order valence-corrected chi connectivity index (χ4v) is 4.82. The summed E-state index contributed by atoms with van der Waals surface area (Å²) in [6, 6.07) is 8.44. The Hall–Kier alpha value is -1.60. The van der Waals surface area contributed by atoms with Gasteiger partial charge in [0.2, 0.25) is 11.0 Å². The monoisotopic (exact) mass is 390 g/mol. The predicted octanol–water partition coefficient (Wildman–Crippen LogP) is 4.62. The number of aromatic nitrogens is 2. The number of hydrogen-bond acceptors (Lipinski definition) is 6. The molecule has 3 atom stereocenters. The third kappa shape index (κ3) is 5.20. The van der Waals surface area contributed by atoms with E-state index in [-0.39, 0.29) is 5.91 Å². The van der Waals surface area contributed by atoms with Gasteiger partial charge in [0.15, 0.2) is 4.34 Å². The zero-order valence-corrected chi connectivity index (χ0v) is 17.1. The maximum Gasteiger partial charge on any atom is 0.230 e. The van der Waals surface area contributed by atoms with E-state index in [1.807, 2.05) is 12.1 Å². The van der Waals surface area contributed by atoms with Crippen LogP contribution in [0.15, 0.2) is 28.6 Å². The minimum Gasteiger partial charge on any atom is -0.352 e. The molecule has 5 nitrogen and oxygen atoms in total. The molecule has 3 rings (SSSR count). The molecule has 1 aromatic carbocycles. The quantitative estimate of drug-likeness (QED) is 0.704. The maximum absolute atomic E-state index is 12.3. The smallest absolute Gasteiger partial charge is 0.230 e. The van der Waals surface area contributed by atoms with Crippen molar-refractivity contribution in [1.29, 1.82) is 0 Å². The van der Waals surface area contributed by atoms with E-state index in [0.717, 1.165) is 21.6 Å². The molecule has 1 aromatic heterocycles. The van der Waals surface area contributed by atoms with E-state index in [1.165, 1.54) is 41.5 Å². The van der Waals surface area contributed by atoms with Gasteiger partial charge in [-0.25, -0.2) is 0 Å². The van der Waals surface area contributed by atoms with Crippen molar-refractivity contribution in [3.8, 4) is 0 Å². The minimum absolute atomic E-state index is 0.0872. The number of rotatable bonds is 6. The van der Waals surface area contributed by atoms with Crippen LogP contribution in [0.25, 0.3) is 0 Å². The number of nitrogens with one attached hydrogen (secondary N) is 2. The van der Waals surface area contributed by atoms with Crippen molar-refractivity contribution in [2.45, 2.75) is 50.4 Å². The summed E-state index contributed by atoms with van der Waals surface area (Å²) < 4.78 is 0.805. The van der Waals surface area contributed by atoms with Crippen LogP contribution in [-0.2, 0) is 4.79 Å². The minimum atomic E-state index is 0.0872. The van der Waals surface area contributed by atoms with Crippen LogP contribution >= 0.6 is 23.1 Å². The molecule has 1 fully saturated rings. The summed E-state index contributed by atoms with van der Waals surface area (Å²) in [4.78, 5) is 12.3. The standard InChI is InChI=1S/C19H26N4OS2/c1-12-7-9-15(10-8-12)20-18-22-23-19(26-18)25-11-17(24)21-16-6-4-5-13(2)14(16)3/h7-10,13-14,16H,4-6,11H2,1-3H3,(H,20,22)(H,21,24). The molecular weight excluding hydrogens is 364 g/mol. The van der Waals surface area contributed by atoms with Crippen LogP contribution in [0.5, 0.6) is 0 Å². The van der Waals surface area contributed by atoms with Gasteiger partial charge in [0.05, 0.1) is 5.75 Å². The molecule has 3 unspecified atom stereocenters. The van der Waals surface area contributed by atoms with Crippen LogP contribution in [0.2, 0.25) is 0 Å². The van der Waals surface area contributed by atoms with Gasteiger partial charge in [-0.1, -0.05) is 67.5 Å². The van der Waals surface area contributed by atoms with Crippen molar-refractivity contribution >= 4 is 39.8 Å². The molecule has 0 spiro atoms. The molecule has 0 aliphatic heterocycles. The SMILES string of the molecule is Cc1ccc(Nc2nnc(SCC(=O)NC3CCCC(C)C3C)s2)cc1. The molecule has 1 heterocycles. The van der Waals surface area contributed by atoms with Crippen molar-refractivity contribution in [3.05, 3.63) is 29.8 Å². The van der Waals surface area contributed by atoms with Crippen LogP contribution in [0, 0.1) is 18.8 Å². The van der Waals surface area contributed by atoms with Gasteiger partial charge in [0.25, 0.3) is 0 Å². The first-order chi connectivity index (χ1) is 12.5. The lowest BCUT2D eigenvalue weighted by Crippen LogP contribution is -2.44. The second-order valence-corrected chi connectivity index (χ2v) is 9.29. The van der Waals surface area contributed by atoms with Crippen molar-refractivity contribution in [2.24, 2.45) is 11.8 Å². The first-order valence-corrected chi connectivity index (χ1v) is 10.9. The average molecular weight is 391 g/mol. The van der Waals surface area contributed by atoms with E-state index in [0.29, 0.717) is 23.6 Å². The van der Waals surface area contributed by atoms with Gasteiger partial charge < -0.3 is 10.6 Å². The highest BCUT2D eigenvalue weighted by Gasteiger charge is 2.28. The van der Waals surface area contributed by atoms with Crippen LogP contribution in [0.1, 0.15) is 38.7 Å². The molecule has 26 heavy (non-hydrogen) atoms. The fraction of sp³-hybridized carbons (Fsp3) is 0.526. The number of carbonyl (C=O) groups excluding carboxylic acids is 1. The molecule has 1 amide bonds. The van der Waals surface area contributed by atoms with E-state index >= 15 is 0 Å². The molecule has 2 aromatic rings. The van der Waals surface area contributed by atoms with Crippen LogP contribution < -0.4 is 10.6 Å². The molecule has 7 heteroatoms. The lowest BCUT2D eigenvalue weighted by Gasteiger charge is -2.34. The molecule has 0 bridgehead atoms. The Morgan fingerprint density at radius 3 is 2.77 bits per heavy atom. The summed E-state index contributed by atoms with van der Waals surface area (Å²) >= 11 is 2.92. The predicted molar refractivity (Wildman–Crippen MR) is 109 cm³/mol. The molecule has 1 aliphatic carbocycles. The van der Waals surface area contributed by atoms with Crippen molar-refractivity contribution < 1.29 is 4.79 Å². The summed E-state index contributed by atoms with van der Waals surface area (Å²) in [6.45, 7) is 6.58. The van der Waals surface area contributed by atoms with Crippen LogP contribution in [0.4, 0.5) is 10.8 Å². The van der Waals surface area contributed by atoms with Gasteiger partial charge in [-0.3, -0.25) is 4.79 Å². The van der Waals surface area contributed by atoms with Crippen LogP contribution in [0.3, 0.4) is 0 Å². The third-order valence-electron chi connectivity index (χ3n) is 5.09. The van der Waals surface area contributed by atoms with E-state index in [2.05, 4.69) is 53.7 Å². The van der Waals surface area contributed by atoms with E-state index < -0.39 is 0 Å². The zero-order chi connectivity index (χ0) is 18.5. The normalized spacial score (nSPS) is 22.8. The molecule has 0 radical (unpaired) electrons. The lowest BCUT2D eigenvalue weighted by molar-refractivity contribution is -0.119. The van der Waals surface area contributed by atoms with Crippen molar-refractivity contribution in [2.75, 3.05) is 11.1 Å². The molecule has 1 saturated carbocycles. The number of aryl methyl sites for hydroxylation is 1. The van der Waals surface area contributed by atoms with Crippen molar-refractivity contribution in [1.82, 2.24) is 15.5 Å². The first-order valence-electron chi connectivity index (χ1n) is 9.10. The average Bonchev–Trinajstić information content (AvgIpc) is 3.07. The van der Waals surface area contributed by atoms with Gasteiger partial charge in [0, 0.05) is 11.7 Å². The zero-order valence-electron chi connectivity index (χ0n) is 15.5. The van der Waals surface area contributed by atoms with E-state index in [9.17, 15) is 4.79 Å². The number of thioether (sulfide) groups is 1. The maximum atomic E-state index is 12.3. The third-order valence-corrected chi connectivity index (χ3v) is 7.06. The van der Waals surface area contributed by atoms with Crippen LogP contribution in [-0.4, -0.2) is 27.9 Å². The topological polar surface area (TPSA) is 66.9 Å². The summed E-state index contributed by atoms with van der Waals surface area (Å²) in [6.07, 6.45) is 3.56. The second kappa shape index (κ2) is 8.86. The molecule has 2 N–H and O–H groups in total. The van der Waals surface area contributed by atoms with Gasteiger partial charge in [-0.15, -0.1) is 10.2 Å². The molecule has 1 aliphatic rings. The number of anilines is 2. The Morgan fingerprint density at radius 2 is 2.00 bits per heavy atom. The fourth-order valence-electron chi connectivity index (χ4n) is 3.24. The Labute approximate surface area is 163 Å². The van der Waals surface area contributed by atoms with Crippen molar-refractivity contribution in [3.63, 3.8) is 0 Å². The lowest BCUT2D eigenvalue weighted by atomic mass is 9.78. The highest BCUT2D eigenvalue weighted by atomic mass is 32.2. The first kappa shape index (κ1) is 19.2. The van der Waals surface area contributed by atoms with Gasteiger partial charge in [0.1, 0.15) is 0 Å². The number of benzene rings is 1. The number of carbonyl (C=O) groups is 1. The number of nitrogens with zero attached hydrogens (tertiary/aromatic N) is 2. The second-order valence-electron chi connectivity index (χ2n) is 7.09. The Morgan fingerprint density at radius 1 is 1.23 bits per heavy atom. The number of amides is 1. The summed E-state index contributed by atoms with van der Waals surface area (Å²) in [7, 11) is 0. The van der Waals surface area contributed by atoms with Gasteiger partial charge in [-0.2, -0.15) is 0 Å². The Kier molecular flexibility index (Phi) is 6.53. The highest BCUT2D eigenvalue weighted by Crippen LogP contribution is 2.30. The Balaban J connectivity index is 1.47. The summed E-state index contributed by atoms with van der Waals surface area (Å²) in [5.41, 5.74) is 2.21. The largest absolute Gasteiger partial charge is 0.352 e. The molecule has 140 valence electrons. The Bertz CT molecular complexity index is 731. The highest BCUT2D eigenvalue weighted by molar-refractivity contribution is 8.01. The number of hydrogen-bond donors (Lipinski definition) is 2. The van der Waals surface area contributed by atoms with Gasteiger partial charge in [-0.05, 0) is 37.3 Å². The molecular formula is C19H26N4OS2. The van der Waals surface area contributed by atoms with Gasteiger partial charge >= 0.3 is 0 Å².